The van der Waals surface area contributed by atoms with Crippen LogP contribution < -0.4 is 5.32 Å². The summed E-state index contributed by atoms with van der Waals surface area (Å²) in [4.78, 5) is 26.4. The van der Waals surface area contributed by atoms with Gasteiger partial charge in [0, 0.05) is 36.7 Å². The Balaban J connectivity index is 1.61. The van der Waals surface area contributed by atoms with E-state index in [-0.39, 0.29) is 35.3 Å². The molecule has 2 amide bonds. The highest BCUT2D eigenvalue weighted by Gasteiger charge is 2.29. The fourth-order valence-electron chi connectivity index (χ4n) is 3.04. The minimum atomic E-state index is -0.339. The maximum atomic E-state index is 13.0. The lowest BCUT2D eigenvalue weighted by Crippen LogP contribution is -2.44. The van der Waals surface area contributed by atoms with Gasteiger partial charge in [-0.05, 0) is 51.0 Å². The van der Waals surface area contributed by atoms with Crippen molar-refractivity contribution in [3.63, 3.8) is 0 Å². The van der Waals surface area contributed by atoms with E-state index in [9.17, 15) is 14.0 Å². The van der Waals surface area contributed by atoms with E-state index < -0.39 is 0 Å². The van der Waals surface area contributed by atoms with Crippen molar-refractivity contribution in [2.45, 2.75) is 32.7 Å². The molecular weight excluding hydrogens is 337 g/mol. The molecule has 7 heteroatoms. The molecule has 6 nitrogen and oxygen atoms in total. The average Bonchev–Trinajstić information content (AvgIpc) is 3.11. The van der Waals surface area contributed by atoms with E-state index in [2.05, 4.69) is 10.5 Å². The lowest BCUT2D eigenvalue weighted by atomic mass is 9.95. The standard InChI is InChI=1S/C19H22FN3O3/c1-12(2)21-18(24)14-7-9-23(10-8-14)19(25)16-11-17(26-22-16)13-3-5-15(20)6-4-13/h3-6,11-12,14H,7-10H2,1-2H3,(H,21,24). The summed E-state index contributed by atoms with van der Waals surface area (Å²) in [7, 11) is 0. The monoisotopic (exact) mass is 359 g/mol. The topological polar surface area (TPSA) is 75.4 Å². The van der Waals surface area contributed by atoms with Crippen molar-refractivity contribution in [3.8, 4) is 11.3 Å². The van der Waals surface area contributed by atoms with Crippen molar-refractivity contribution in [1.29, 1.82) is 0 Å². The summed E-state index contributed by atoms with van der Waals surface area (Å²) in [6.45, 7) is 4.88. The Morgan fingerprint density at radius 2 is 1.88 bits per heavy atom. The van der Waals surface area contributed by atoms with Crippen LogP contribution in [0.15, 0.2) is 34.9 Å². The normalized spacial score (nSPS) is 15.3. The summed E-state index contributed by atoms with van der Waals surface area (Å²) in [6.07, 6.45) is 1.26. The van der Waals surface area contributed by atoms with Crippen LogP contribution >= 0.6 is 0 Å². The van der Waals surface area contributed by atoms with Gasteiger partial charge in [0.25, 0.3) is 5.91 Å². The Hall–Kier alpha value is -2.70. The van der Waals surface area contributed by atoms with E-state index >= 15 is 0 Å². The molecule has 1 N–H and O–H groups in total. The molecule has 2 aromatic rings. The highest BCUT2D eigenvalue weighted by molar-refractivity contribution is 5.93. The van der Waals surface area contributed by atoms with Crippen molar-refractivity contribution < 1.29 is 18.5 Å². The minimum absolute atomic E-state index is 0.0483. The third kappa shape index (κ3) is 4.09. The van der Waals surface area contributed by atoms with Gasteiger partial charge in [-0.3, -0.25) is 9.59 Å². The van der Waals surface area contributed by atoms with Crippen molar-refractivity contribution in [2.75, 3.05) is 13.1 Å². The Kier molecular flexibility index (Phi) is 5.35. The van der Waals surface area contributed by atoms with E-state index in [1.807, 2.05) is 13.8 Å². The van der Waals surface area contributed by atoms with Gasteiger partial charge in [0.05, 0.1) is 0 Å². The van der Waals surface area contributed by atoms with Gasteiger partial charge in [0.1, 0.15) is 5.82 Å². The first kappa shape index (κ1) is 18.1. The highest BCUT2D eigenvalue weighted by Crippen LogP contribution is 2.23. The molecule has 26 heavy (non-hydrogen) atoms. The second-order valence-electron chi connectivity index (χ2n) is 6.81. The summed E-state index contributed by atoms with van der Waals surface area (Å²) >= 11 is 0. The number of benzene rings is 1. The number of piperidine rings is 1. The first-order chi connectivity index (χ1) is 12.4. The summed E-state index contributed by atoms with van der Waals surface area (Å²) in [5.41, 5.74) is 0.872. The SMILES string of the molecule is CC(C)NC(=O)C1CCN(C(=O)c2cc(-c3ccc(F)cc3)on2)CC1. The van der Waals surface area contributed by atoms with E-state index in [0.29, 0.717) is 37.3 Å². The molecule has 0 spiro atoms. The van der Waals surface area contributed by atoms with Crippen molar-refractivity contribution in [2.24, 2.45) is 5.92 Å². The molecule has 1 fully saturated rings. The zero-order chi connectivity index (χ0) is 18.7. The second-order valence-corrected chi connectivity index (χ2v) is 6.81. The van der Waals surface area contributed by atoms with Crippen LogP contribution in [-0.2, 0) is 4.79 Å². The summed E-state index contributed by atoms with van der Waals surface area (Å²) in [5.74, 6) is -0.154. The quantitative estimate of drug-likeness (QED) is 0.911. The Morgan fingerprint density at radius 3 is 2.50 bits per heavy atom. The average molecular weight is 359 g/mol. The smallest absolute Gasteiger partial charge is 0.276 e. The zero-order valence-corrected chi connectivity index (χ0v) is 14.9. The molecular formula is C19H22FN3O3. The van der Waals surface area contributed by atoms with Crippen LogP contribution in [0.25, 0.3) is 11.3 Å². The fourth-order valence-corrected chi connectivity index (χ4v) is 3.04. The predicted molar refractivity (Wildman–Crippen MR) is 93.8 cm³/mol. The summed E-state index contributed by atoms with van der Waals surface area (Å²) < 4.78 is 18.2. The molecule has 1 aromatic heterocycles. The number of aromatic nitrogens is 1. The first-order valence-corrected chi connectivity index (χ1v) is 8.76. The van der Waals surface area contributed by atoms with Gasteiger partial charge >= 0.3 is 0 Å². The Labute approximate surface area is 151 Å². The fraction of sp³-hybridized carbons (Fsp3) is 0.421. The maximum Gasteiger partial charge on any atom is 0.276 e. The van der Waals surface area contributed by atoms with Crippen LogP contribution in [0.4, 0.5) is 4.39 Å². The number of nitrogens with one attached hydrogen (secondary N) is 1. The molecule has 0 atom stereocenters. The number of likely N-dealkylation sites (tertiary alicyclic amines) is 1. The van der Waals surface area contributed by atoms with Crippen LogP contribution in [0, 0.1) is 11.7 Å². The van der Waals surface area contributed by atoms with Gasteiger partial charge in [0.15, 0.2) is 11.5 Å². The number of nitrogens with zero attached hydrogens (tertiary/aromatic N) is 2. The summed E-state index contributed by atoms with van der Waals surface area (Å²) in [6, 6.07) is 7.47. The first-order valence-electron chi connectivity index (χ1n) is 8.76. The number of carbonyl (C=O) groups is 2. The number of amides is 2. The largest absolute Gasteiger partial charge is 0.355 e. The van der Waals surface area contributed by atoms with Crippen molar-refractivity contribution >= 4 is 11.8 Å². The minimum Gasteiger partial charge on any atom is -0.355 e. The maximum absolute atomic E-state index is 13.0. The number of hydrogen-bond donors (Lipinski definition) is 1. The van der Waals surface area contributed by atoms with Crippen LogP contribution in [0.1, 0.15) is 37.2 Å². The molecule has 1 aliphatic rings. The number of carbonyl (C=O) groups excluding carboxylic acids is 2. The van der Waals surface area contributed by atoms with Crippen LogP contribution in [0.5, 0.6) is 0 Å². The zero-order valence-electron chi connectivity index (χ0n) is 14.9. The van der Waals surface area contributed by atoms with Crippen LogP contribution in [0.2, 0.25) is 0 Å². The Bertz CT molecular complexity index is 778. The molecule has 0 bridgehead atoms. The number of rotatable bonds is 4. The lowest BCUT2D eigenvalue weighted by molar-refractivity contribution is -0.126. The van der Waals surface area contributed by atoms with Gasteiger partial charge in [-0.25, -0.2) is 4.39 Å². The molecule has 3 rings (SSSR count). The third-order valence-electron chi connectivity index (χ3n) is 4.44. The number of hydrogen-bond acceptors (Lipinski definition) is 4. The Morgan fingerprint density at radius 1 is 1.23 bits per heavy atom. The van der Waals surface area contributed by atoms with Gasteiger partial charge < -0.3 is 14.7 Å². The van der Waals surface area contributed by atoms with Gasteiger partial charge in [0.2, 0.25) is 5.91 Å². The van der Waals surface area contributed by atoms with Gasteiger partial charge in [-0.1, -0.05) is 5.16 Å². The van der Waals surface area contributed by atoms with E-state index in [4.69, 9.17) is 4.52 Å². The van der Waals surface area contributed by atoms with Crippen LogP contribution in [0.3, 0.4) is 0 Å². The number of halogens is 1. The third-order valence-corrected chi connectivity index (χ3v) is 4.44. The molecule has 2 heterocycles. The second kappa shape index (κ2) is 7.68. The molecule has 1 saturated heterocycles. The molecule has 0 saturated carbocycles. The molecule has 138 valence electrons. The molecule has 1 aliphatic heterocycles. The van der Waals surface area contributed by atoms with Crippen molar-refractivity contribution in [3.05, 3.63) is 41.8 Å². The van der Waals surface area contributed by atoms with Gasteiger partial charge in [-0.15, -0.1) is 0 Å². The molecule has 0 radical (unpaired) electrons. The molecule has 0 aliphatic carbocycles. The van der Waals surface area contributed by atoms with Gasteiger partial charge in [-0.2, -0.15) is 0 Å². The van der Waals surface area contributed by atoms with Crippen LogP contribution in [-0.4, -0.2) is 41.0 Å². The van der Waals surface area contributed by atoms with Crippen molar-refractivity contribution in [1.82, 2.24) is 15.4 Å². The van der Waals surface area contributed by atoms with E-state index in [1.54, 1.807) is 23.1 Å². The molecule has 1 aromatic carbocycles. The highest BCUT2D eigenvalue weighted by atomic mass is 19.1. The molecule has 0 unspecified atom stereocenters. The van der Waals surface area contributed by atoms with E-state index in [1.165, 1.54) is 12.1 Å². The summed E-state index contributed by atoms with van der Waals surface area (Å²) in [5, 5.41) is 6.76. The lowest BCUT2D eigenvalue weighted by Gasteiger charge is -2.31. The predicted octanol–water partition coefficient (Wildman–Crippen LogP) is 2.86. The van der Waals surface area contributed by atoms with E-state index in [0.717, 1.165) is 0 Å².